The lowest BCUT2D eigenvalue weighted by Gasteiger charge is -2.16. The highest BCUT2D eigenvalue weighted by molar-refractivity contribution is 9.12. The van der Waals surface area contributed by atoms with Crippen molar-refractivity contribution in [1.82, 2.24) is 0 Å². The molecule has 0 saturated heterocycles. The molecule has 0 aliphatic rings. The van der Waals surface area contributed by atoms with E-state index in [4.69, 9.17) is 0 Å². The van der Waals surface area contributed by atoms with E-state index in [2.05, 4.69) is 37.9 Å². The van der Waals surface area contributed by atoms with Crippen LogP contribution in [-0.4, -0.2) is 16.9 Å². The molecule has 2 unspecified atom stereocenters. The Balaban J connectivity index is 2.00. The van der Waals surface area contributed by atoms with Crippen LogP contribution in [0, 0.1) is 0 Å². The fraction of sp³-hybridized carbons (Fsp3) is 0.167. The summed E-state index contributed by atoms with van der Waals surface area (Å²) >= 11 is 10.6. The number of halogens is 2. The lowest BCUT2D eigenvalue weighted by molar-refractivity contribution is 0.0990. The molecule has 1 nitrogen and oxygen atoms in total. The van der Waals surface area contributed by atoms with E-state index in [1.54, 1.807) is 23.1 Å². The maximum Gasteiger partial charge on any atom is 0.180 e. The summed E-state index contributed by atoms with van der Waals surface area (Å²) in [7, 11) is 0. The second-order valence-corrected chi connectivity index (χ2v) is 9.14. The van der Waals surface area contributed by atoms with Crippen LogP contribution in [-0.2, 0) is 0 Å². The van der Waals surface area contributed by atoms with Crippen LogP contribution >= 0.6 is 55.0 Å². The Bertz CT molecular complexity index is 829. The molecule has 23 heavy (non-hydrogen) atoms. The van der Waals surface area contributed by atoms with Gasteiger partial charge in [-0.25, -0.2) is 0 Å². The first-order chi connectivity index (χ1) is 11.1. The number of ketones is 1. The molecule has 0 aliphatic heterocycles. The Hall–Kier alpha value is -0.620. The molecule has 2 aromatic carbocycles. The number of fused-ring (bicyclic) bond motifs is 1. The Morgan fingerprint density at radius 1 is 1.04 bits per heavy atom. The molecular weight excluding hydrogens is 456 g/mol. The molecule has 5 heteroatoms. The number of hydrogen-bond donors (Lipinski definition) is 0. The van der Waals surface area contributed by atoms with Gasteiger partial charge in [0.05, 0.1) is 19.4 Å². The third-order valence-electron chi connectivity index (χ3n) is 3.62. The van der Waals surface area contributed by atoms with Crippen molar-refractivity contribution in [3.05, 3.63) is 65.7 Å². The summed E-state index contributed by atoms with van der Waals surface area (Å²) in [5.74, 6) is 0.123. The highest BCUT2D eigenvalue weighted by Gasteiger charge is 2.29. The number of rotatable bonds is 5. The molecule has 0 spiro atoms. The second-order valence-electron chi connectivity index (χ2n) is 5.04. The number of benzene rings is 2. The first kappa shape index (κ1) is 17.2. The van der Waals surface area contributed by atoms with Gasteiger partial charge >= 0.3 is 0 Å². The van der Waals surface area contributed by atoms with Crippen LogP contribution in [0.2, 0.25) is 0 Å². The quantitative estimate of drug-likeness (QED) is 0.234. The topological polar surface area (TPSA) is 17.1 Å². The van der Waals surface area contributed by atoms with Crippen LogP contribution in [0.1, 0.15) is 20.7 Å². The molecule has 0 fully saturated rings. The summed E-state index contributed by atoms with van der Waals surface area (Å²) < 4.78 is 2.24. The minimum atomic E-state index is -0.311. The summed E-state index contributed by atoms with van der Waals surface area (Å²) in [5.41, 5.74) is 1.92. The van der Waals surface area contributed by atoms with Gasteiger partial charge < -0.3 is 0 Å². The zero-order chi connectivity index (χ0) is 16.4. The van der Waals surface area contributed by atoms with E-state index < -0.39 is 0 Å². The Morgan fingerprint density at radius 2 is 1.70 bits per heavy atom. The van der Waals surface area contributed by atoms with Gasteiger partial charge in [0, 0.05) is 10.1 Å². The molecule has 0 amide bonds. The second kappa shape index (κ2) is 7.51. The van der Waals surface area contributed by atoms with Crippen LogP contribution in [0.15, 0.2) is 58.8 Å². The first-order valence-corrected chi connectivity index (χ1v) is 10.9. The number of alkyl halides is 2. The van der Waals surface area contributed by atoms with E-state index in [9.17, 15) is 4.79 Å². The highest BCUT2D eigenvalue weighted by atomic mass is 79.9. The van der Waals surface area contributed by atoms with Crippen molar-refractivity contribution in [1.29, 1.82) is 0 Å². The van der Waals surface area contributed by atoms with Crippen molar-refractivity contribution < 1.29 is 4.79 Å². The van der Waals surface area contributed by atoms with Crippen LogP contribution in [0.5, 0.6) is 0 Å². The van der Waals surface area contributed by atoms with Crippen molar-refractivity contribution >= 4 is 70.8 Å². The molecule has 3 aromatic rings. The molecule has 0 radical (unpaired) electrons. The van der Waals surface area contributed by atoms with Crippen molar-refractivity contribution in [3.63, 3.8) is 0 Å². The summed E-state index contributed by atoms with van der Waals surface area (Å²) in [6, 6.07) is 18.1. The van der Waals surface area contributed by atoms with Gasteiger partial charge in [-0.15, -0.1) is 23.1 Å². The van der Waals surface area contributed by atoms with Gasteiger partial charge in [-0.05, 0) is 17.9 Å². The summed E-state index contributed by atoms with van der Waals surface area (Å²) in [6.07, 6.45) is 2.02. The van der Waals surface area contributed by atoms with E-state index >= 15 is 0 Å². The molecule has 1 heterocycles. The number of hydrogen-bond acceptors (Lipinski definition) is 3. The van der Waals surface area contributed by atoms with Crippen molar-refractivity contribution in [2.24, 2.45) is 0 Å². The van der Waals surface area contributed by atoms with E-state index in [1.165, 1.54) is 0 Å². The Labute approximate surface area is 160 Å². The maximum absolute atomic E-state index is 13.1. The van der Waals surface area contributed by atoms with Crippen LogP contribution < -0.4 is 0 Å². The average Bonchev–Trinajstić information content (AvgIpc) is 2.99. The van der Waals surface area contributed by atoms with Crippen molar-refractivity contribution in [3.8, 4) is 0 Å². The smallest absolute Gasteiger partial charge is 0.180 e. The number of thiophene rings is 1. The van der Waals surface area contributed by atoms with Gasteiger partial charge in [0.15, 0.2) is 5.78 Å². The van der Waals surface area contributed by atoms with Gasteiger partial charge in [0.1, 0.15) is 0 Å². The molecule has 0 saturated carbocycles. The molecule has 0 N–H and O–H groups in total. The number of thioether (sulfide) groups is 1. The molecule has 0 bridgehead atoms. The van der Waals surface area contributed by atoms with Crippen molar-refractivity contribution in [2.45, 2.75) is 13.9 Å². The van der Waals surface area contributed by atoms with Gasteiger partial charge in [-0.1, -0.05) is 80.4 Å². The number of Topliss-reactive ketones (excluding diaryl/α,β-unsaturated/α-hetero) is 1. The minimum Gasteiger partial charge on any atom is -0.293 e. The van der Waals surface area contributed by atoms with Crippen LogP contribution in [0.3, 0.4) is 0 Å². The highest BCUT2D eigenvalue weighted by Crippen LogP contribution is 2.41. The minimum absolute atomic E-state index is 0.0652. The third kappa shape index (κ3) is 3.43. The zero-order valence-electron chi connectivity index (χ0n) is 12.3. The first-order valence-electron chi connectivity index (χ1n) is 7.06. The maximum atomic E-state index is 13.1. The summed E-state index contributed by atoms with van der Waals surface area (Å²) in [4.78, 5) is 12.8. The number of carbonyl (C=O) groups is 1. The molecular formula is C18H14Br2OS2. The van der Waals surface area contributed by atoms with Gasteiger partial charge in [0.2, 0.25) is 0 Å². The zero-order valence-corrected chi connectivity index (χ0v) is 17.1. The third-order valence-corrected chi connectivity index (χ3v) is 8.62. The average molecular weight is 470 g/mol. The standard InChI is InChI=1S/C18H14Br2OS2/c1-22-18-14(12-9-5-6-10-13(12)23-18)17(21)16(20)15(19)11-7-3-2-4-8-11/h2-10,15-16H,1H3. The fourth-order valence-corrected chi connectivity index (χ4v) is 5.51. The Morgan fingerprint density at radius 3 is 2.39 bits per heavy atom. The lowest BCUT2D eigenvalue weighted by Crippen LogP contribution is -2.19. The molecule has 0 aliphatic carbocycles. The normalized spacial score (nSPS) is 13.9. The van der Waals surface area contributed by atoms with Crippen LogP contribution in [0.25, 0.3) is 10.1 Å². The van der Waals surface area contributed by atoms with E-state index in [0.717, 1.165) is 25.4 Å². The van der Waals surface area contributed by atoms with Gasteiger partial charge in [0.25, 0.3) is 0 Å². The predicted octanol–water partition coefficient (Wildman–Crippen LogP) is 6.71. The fourth-order valence-electron chi connectivity index (χ4n) is 2.48. The molecule has 118 valence electrons. The van der Waals surface area contributed by atoms with E-state index in [-0.39, 0.29) is 15.4 Å². The van der Waals surface area contributed by atoms with Gasteiger partial charge in [-0.2, -0.15) is 0 Å². The molecule has 3 rings (SSSR count). The molecule has 1 aromatic heterocycles. The van der Waals surface area contributed by atoms with Crippen LogP contribution in [0.4, 0.5) is 0 Å². The lowest BCUT2D eigenvalue weighted by atomic mass is 10.0. The number of carbonyl (C=O) groups excluding carboxylic acids is 1. The predicted molar refractivity (Wildman–Crippen MR) is 109 cm³/mol. The largest absolute Gasteiger partial charge is 0.293 e. The van der Waals surface area contributed by atoms with E-state index in [1.807, 2.05) is 54.8 Å². The van der Waals surface area contributed by atoms with Gasteiger partial charge in [-0.3, -0.25) is 4.79 Å². The summed E-state index contributed by atoms with van der Waals surface area (Å²) in [6.45, 7) is 0. The Kier molecular flexibility index (Phi) is 5.62. The van der Waals surface area contributed by atoms with Crippen molar-refractivity contribution in [2.75, 3.05) is 6.26 Å². The monoisotopic (exact) mass is 468 g/mol. The molecule has 2 atom stereocenters. The summed E-state index contributed by atoms with van der Waals surface area (Å²) in [5, 5.41) is 1.05. The van der Waals surface area contributed by atoms with E-state index in [0.29, 0.717) is 0 Å². The SMILES string of the molecule is CSc1sc2ccccc2c1C(=O)C(Br)C(Br)c1ccccc1.